The highest BCUT2D eigenvalue weighted by Gasteiger charge is 2.33. The minimum atomic E-state index is -0.285. The summed E-state index contributed by atoms with van der Waals surface area (Å²) >= 11 is 0. The number of benzene rings is 1. The number of carbonyl (C=O) groups excluding carboxylic acids is 1. The van der Waals surface area contributed by atoms with Crippen molar-refractivity contribution in [2.45, 2.75) is 38.9 Å². The van der Waals surface area contributed by atoms with Gasteiger partial charge in [0.1, 0.15) is 0 Å². The molecule has 0 aliphatic carbocycles. The Kier molecular flexibility index (Phi) is 4.45. The number of hydrogen-bond acceptors (Lipinski definition) is 3. The lowest BCUT2D eigenvalue weighted by Crippen LogP contribution is -2.53. The first-order valence-electron chi connectivity index (χ1n) is 7.17. The second kappa shape index (κ2) is 5.94. The van der Waals surface area contributed by atoms with Crippen molar-refractivity contribution >= 4 is 5.91 Å². The van der Waals surface area contributed by atoms with Crippen LogP contribution in [0.2, 0.25) is 0 Å². The van der Waals surface area contributed by atoms with Crippen LogP contribution >= 0.6 is 0 Å². The van der Waals surface area contributed by atoms with Crippen LogP contribution in [-0.4, -0.2) is 42.1 Å². The molecule has 0 spiro atoms. The van der Waals surface area contributed by atoms with Crippen LogP contribution in [0.3, 0.4) is 0 Å². The summed E-state index contributed by atoms with van der Waals surface area (Å²) in [7, 11) is 0. The smallest absolute Gasteiger partial charge is 0.254 e. The first-order valence-corrected chi connectivity index (χ1v) is 7.17. The zero-order valence-electron chi connectivity index (χ0n) is 12.6. The van der Waals surface area contributed by atoms with Crippen molar-refractivity contribution in [2.24, 2.45) is 5.73 Å². The van der Waals surface area contributed by atoms with Crippen LogP contribution in [0.5, 0.6) is 0 Å². The molecule has 0 aromatic heterocycles. The van der Waals surface area contributed by atoms with Gasteiger partial charge in [-0.05, 0) is 51.4 Å². The SMILES string of the molecule is CC1CN(C(=O)c2ccc(CCN)cc2)CC(C)(C)O1. The van der Waals surface area contributed by atoms with Gasteiger partial charge < -0.3 is 15.4 Å². The lowest BCUT2D eigenvalue weighted by Gasteiger charge is -2.41. The molecule has 1 aliphatic heterocycles. The number of nitrogens with two attached hydrogens (primary N) is 1. The van der Waals surface area contributed by atoms with Gasteiger partial charge in [-0.1, -0.05) is 12.1 Å². The van der Waals surface area contributed by atoms with E-state index in [9.17, 15) is 4.79 Å². The van der Waals surface area contributed by atoms with Crippen molar-refractivity contribution in [3.63, 3.8) is 0 Å². The van der Waals surface area contributed by atoms with E-state index in [0.29, 0.717) is 19.6 Å². The van der Waals surface area contributed by atoms with E-state index in [1.807, 2.05) is 49.9 Å². The maximum atomic E-state index is 12.5. The number of hydrogen-bond donors (Lipinski definition) is 1. The van der Waals surface area contributed by atoms with Crippen molar-refractivity contribution in [1.82, 2.24) is 4.90 Å². The second-order valence-electron chi connectivity index (χ2n) is 6.11. The van der Waals surface area contributed by atoms with Crippen molar-refractivity contribution in [3.05, 3.63) is 35.4 Å². The molecule has 1 aliphatic rings. The normalized spacial score (nSPS) is 21.8. The molecule has 0 bridgehead atoms. The fourth-order valence-electron chi connectivity index (χ4n) is 2.77. The molecular formula is C16H24N2O2. The summed E-state index contributed by atoms with van der Waals surface area (Å²) in [6.07, 6.45) is 0.912. The van der Waals surface area contributed by atoms with Gasteiger partial charge in [0.2, 0.25) is 0 Å². The fourth-order valence-corrected chi connectivity index (χ4v) is 2.77. The summed E-state index contributed by atoms with van der Waals surface area (Å²) in [5, 5.41) is 0. The molecule has 110 valence electrons. The van der Waals surface area contributed by atoms with E-state index in [2.05, 4.69) is 0 Å². The molecule has 1 aromatic rings. The number of nitrogens with zero attached hydrogens (tertiary/aromatic N) is 1. The lowest BCUT2D eigenvalue weighted by atomic mass is 10.0. The third kappa shape index (κ3) is 3.58. The standard InChI is InChI=1S/C16H24N2O2/c1-12-10-18(11-16(2,3)20-12)15(19)14-6-4-13(5-7-14)8-9-17/h4-7,12H,8-11,17H2,1-3H3. The third-order valence-electron chi connectivity index (χ3n) is 3.49. The highest BCUT2D eigenvalue weighted by molar-refractivity contribution is 5.94. The topological polar surface area (TPSA) is 55.6 Å². The van der Waals surface area contributed by atoms with Gasteiger partial charge in [0.05, 0.1) is 11.7 Å². The molecule has 2 rings (SSSR count). The molecule has 4 nitrogen and oxygen atoms in total. The largest absolute Gasteiger partial charge is 0.369 e. The molecule has 1 unspecified atom stereocenters. The molecule has 20 heavy (non-hydrogen) atoms. The van der Waals surface area contributed by atoms with E-state index in [0.717, 1.165) is 12.0 Å². The molecule has 1 saturated heterocycles. The Morgan fingerprint density at radius 3 is 2.60 bits per heavy atom. The van der Waals surface area contributed by atoms with Gasteiger partial charge in [-0.25, -0.2) is 0 Å². The van der Waals surface area contributed by atoms with Gasteiger partial charge >= 0.3 is 0 Å². The van der Waals surface area contributed by atoms with Gasteiger partial charge in [0, 0.05) is 18.7 Å². The van der Waals surface area contributed by atoms with Gasteiger partial charge in [0.25, 0.3) is 5.91 Å². The van der Waals surface area contributed by atoms with Crippen LogP contribution in [0.15, 0.2) is 24.3 Å². The van der Waals surface area contributed by atoms with Crippen LogP contribution in [-0.2, 0) is 11.2 Å². The van der Waals surface area contributed by atoms with Crippen LogP contribution in [0.25, 0.3) is 0 Å². The summed E-state index contributed by atoms with van der Waals surface area (Å²) in [5.74, 6) is 0.0764. The quantitative estimate of drug-likeness (QED) is 0.916. The Morgan fingerprint density at radius 2 is 2.05 bits per heavy atom. The van der Waals surface area contributed by atoms with Crippen LogP contribution in [0.1, 0.15) is 36.7 Å². The van der Waals surface area contributed by atoms with E-state index in [4.69, 9.17) is 10.5 Å². The molecule has 1 atom stereocenters. The molecule has 1 amide bonds. The predicted molar refractivity (Wildman–Crippen MR) is 79.7 cm³/mol. The average Bonchev–Trinajstić information content (AvgIpc) is 2.37. The highest BCUT2D eigenvalue weighted by Crippen LogP contribution is 2.22. The van der Waals surface area contributed by atoms with Gasteiger partial charge in [-0.15, -0.1) is 0 Å². The summed E-state index contributed by atoms with van der Waals surface area (Å²) in [6.45, 7) is 7.95. The molecule has 4 heteroatoms. The molecule has 1 fully saturated rings. The highest BCUT2D eigenvalue weighted by atomic mass is 16.5. The number of morpholine rings is 1. The molecule has 0 radical (unpaired) electrons. The zero-order valence-corrected chi connectivity index (χ0v) is 12.6. The molecule has 2 N–H and O–H groups in total. The number of amides is 1. The van der Waals surface area contributed by atoms with Crippen LogP contribution in [0, 0.1) is 0 Å². The van der Waals surface area contributed by atoms with E-state index in [-0.39, 0.29) is 17.6 Å². The Labute approximate surface area is 120 Å². The van der Waals surface area contributed by atoms with E-state index >= 15 is 0 Å². The average molecular weight is 276 g/mol. The Balaban J connectivity index is 2.10. The third-order valence-corrected chi connectivity index (χ3v) is 3.49. The number of rotatable bonds is 3. The Hall–Kier alpha value is -1.39. The predicted octanol–water partition coefficient (Wildman–Crippen LogP) is 1.83. The first kappa shape index (κ1) is 15.0. The fraction of sp³-hybridized carbons (Fsp3) is 0.562. The van der Waals surface area contributed by atoms with E-state index in [1.54, 1.807) is 0 Å². The molecule has 1 aromatic carbocycles. The first-order chi connectivity index (χ1) is 9.41. The van der Waals surface area contributed by atoms with E-state index in [1.165, 1.54) is 5.56 Å². The van der Waals surface area contributed by atoms with Crippen molar-refractivity contribution < 1.29 is 9.53 Å². The molecule has 1 heterocycles. The number of ether oxygens (including phenoxy) is 1. The Bertz CT molecular complexity index is 468. The number of carbonyl (C=O) groups is 1. The summed E-state index contributed by atoms with van der Waals surface area (Å²) in [6, 6.07) is 7.74. The minimum Gasteiger partial charge on any atom is -0.369 e. The molecular weight excluding hydrogens is 252 g/mol. The maximum Gasteiger partial charge on any atom is 0.254 e. The van der Waals surface area contributed by atoms with Crippen molar-refractivity contribution in [3.8, 4) is 0 Å². The Morgan fingerprint density at radius 1 is 1.40 bits per heavy atom. The van der Waals surface area contributed by atoms with Crippen LogP contribution in [0.4, 0.5) is 0 Å². The summed E-state index contributed by atoms with van der Waals surface area (Å²) < 4.78 is 5.83. The summed E-state index contributed by atoms with van der Waals surface area (Å²) in [5.41, 5.74) is 7.14. The van der Waals surface area contributed by atoms with Gasteiger partial charge in [-0.2, -0.15) is 0 Å². The maximum absolute atomic E-state index is 12.5. The minimum absolute atomic E-state index is 0.0687. The molecule has 0 saturated carbocycles. The van der Waals surface area contributed by atoms with Crippen molar-refractivity contribution in [2.75, 3.05) is 19.6 Å². The zero-order chi connectivity index (χ0) is 14.8. The summed E-state index contributed by atoms with van der Waals surface area (Å²) in [4.78, 5) is 14.4. The van der Waals surface area contributed by atoms with Crippen molar-refractivity contribution in [1.29, 1.82) is 0 Å². The monoisotopic (exact) mass is 276 g/mol. The lowest BCUT2D eigenvalue weighted by molar-refractivity contribution is -0.118. The van der Waals surface area contributed by atoms with E-state index < -0.39 is 0 Å². The van der Waals surface area contributed by atoms with Gasteiger partial charge in [-0.3, -0.25) is 4.79 Å². The second-order valence-corrected chi connectivity index (χ2v) is 6.11. The van der Waals surface area contributed by atoms with Gasteiger partial charge in [0.15, 0.2) is 0 Å². The van der Waals surface area contributed by atoms with Crippen LogP contribution < -0.4 is 5.73 Å².